The topological polar surface area (TPSA) is 149 Å². The third-order valence-corrected chi connectivity index (χ3v) is 7.26. The lowest BCUT2D eigenvalue weighted by Gasteiger charge is -2.29. The van der Waals surface area contributed by atoms with Gasteiger partial charge >= 0.3 is 17.7 Å². The number of amides is 1. The van der Waals surface area contributed by atoms with Crippen LogP contribution in [0.1, 0.15) is 50.2 Å². The molecule has 1 atom stereocenters. The summed E-state index contributed by atoms with van der Waals surface area (Å²) in [5, 5.41) is 0. The Morgan fingerprint density at radius 3 is 2.60 bits per heavy atom. The first-order valence-electron chi connectivity index (χ1n) is 13.8. The highest BCUT2D eigenvalue weighted by atomic mass is 16.5. The first kappa shape index (κ1) is 29.1. The van der Waals surface area contributed by atoms with Gasteiger partial charge in [0.1, 0.15) is 5.52 Å². The highest BCUT2D eigenvalue weighted by molar-refractivity contribution is 5.82. The van der Waals surface area contributed by atoms with Gasteiger partial charge in [0.05, 0.1) is 26.2 Å². The summed E-state index contributed by atoms with van der Waals surface area (Å²) < 4.78 is 11.9. The fourth-order valence-electron chi connectivity index (χ4n) is 4.95. The van der Waals surface area contributed by atoms with Crippen molar-refractivity contribution in [2.75, 3.05) is 39.6 Å². The summed E-state index contributed by atoms with van der Waals surface area (Å²) in [6, 6.07) is 7.60. The fourth-order valence-corrected chi connectivity index (χ4v) is 4.95. The van der Waals surface area contributed by atoms with E-state index in [1.807, 2.05) is 36.2 Å². The van der Waals surface area contributed by atoms with Crippen molar-refractivity contribution in [2.45, 2.75) is 64.6 Å². The number of imidazole rings is 1. The van der Waals surface area contributed by atoms with Crippen LogP contribution in [0.3, 0.4) is 0 Å². The molecule has 0 aliphatic carbocycles. The molecule has 1 aliphatic rings. The smallest absolute Gasteiger partial charge is 0.327 e. The number of unbranched alkanes of at least 4 members (excludes halogenated alkanes) is 1. The van der Waals surface area contributed by atoms with Gasteiger partial charge in [-0.3, -0.25) is 19.1 Å². The maximum Gasteiger partial charge on any atom is 0.327 e. The van der Waals surface area contributed by atoms with E-state index in [-0.39, 0.29) is 41.9 Å². The minimum atomic E-state index is -0.337. The number of hydrogen-bond donors (Lipinski definition) is 2. The van der Waals surface area contributed by atoms with Crippen LogP contribution < -0.4 is 16.2 Å². The van der Waals surface area contributed by atoms with Gasteiger partial charge in [0.15, 0.2) is 11.5 Å². The molecule has 2 aromatic heterocycles. The summed E-state index contributed by atoms with van der Waals surface area (Å²) >= 11 is 0. The maximum absolute atomic E-state index is 13.6. The zero-order valence-electron chi connectivity index (χ0n) is 23.5. The molecule has 40 heavy (non-hydrogen) atoms. The van der Waals surface area contributed by atoms with Gasteiger partial charge in [0, 0.05) is 19.6 Å². The highest BCUT2D eigenvalue weighted by Crippen LogP contribution is 2.21. The molecule has 216 valence electrons. The number of aromatic nitrogens is 4. The molecule has 3 aromatic rings. The normalized spacial score (nSPS) is 15.4. The number of H-pyrrole nitrogens is 1. The first-order chi connectivity index (χ1) is 19.3. The van der Waals surface area contributed by atoms with E-state index in [0.29, 0.717) is 43.8 Å². The Morgan fingerprint density at radius 1 is 1.18 bits per heavy atom. The molecule has 3 heterocycles. The van der Waals surface area contributed by atoms with Crippen LogP contribution in [0.4, 0.5) is 5.82 Å². The van der Waals surface area contributed by atoms with Gasteiger partial charge in [-0.25, -0.2) is 4.79 Å². The van der Waals surface area contributed by atoms with Crippen molar-refractivity contribution in [3.63, 3.8) is 0 Å². The van der Waals surface area contributed by atoms with Crippen LogP contribution in [0.2, 0.25) is 0 Å². The fraction of sp³-hybridized carbons (Fsp3) is 0.536. The standard InChI is InChI=1S/C28H39N7O5/c1-4-5-16-40-27-31-24(29)23-25(32-27)35(28(38)30-23)15-7-14-34(26(37)21-8-6-13-33(21)2)18-20-11-9-19(10-12-20)17-22(36)39-3/h9-12,21H,4-8,13-18H2,1-3H3,(H,30,38)(H2,29,31,32)/t21-/m0/s1. The van der Waals surface area contributed by atoms with Crippen molar-refractivity contribution in [2.24, 2.45) is 0 Å². The number of methoxy groups -OCH3 is 1. The van der Waals surface area contributed by atoms with E-state index in [2.05, 4.69) is 26.8 Å². The van der Waals surface area contributed by atoms with Gasteiger partial charge in [0.2, 0.25) is 5.91 Å². The number of anilines is 1. The molecule has 1 saturated heterocycles. The molecule has 1 aliphatic heterocycles. The highest BCUT2D eigenvalue weighted by Gasteiger charge is 2.31. The predicted octanol–water partition coefficient (Wildman–Crippen LogP) is 2.11. The molecule has 12 heteroatoms. The average molecular weight is 554 g/mol. The van der Waals surface area contributed by atoms with Gasteiger partial charge in [-0.1, -0.05) is 37.6 Å². The molecule has 1 amide bonds. The molecular formula is C28H39N7O5. The molecule has 0 spiro atoms. The molecule has 0 radical (unpaired) electrons. The van der Waals surface area contributed by atoms with Crippen molar-refractivity contribution >= 4 is 28.9 Å². The second kappa shape index (κ2) is 13.4. The van der Waals surface area contributed by atoms with E-state index in [0.717, 1.165) is 43.4 Å². The number of rotatable bonds is 13. The van der Waals surface area contributed by atoms with E-state index in [1.54, 1.807) is 0 Å². The number of fused-ring (bicyclic) bond motifs is 1. The Hall–Kier alpha value is -3.93. The molecular weight excluding hydrogens is 514 g/mol. The molecule has 1 aromatic carbocycles. The van der Waals surface area contributed by atoms with Crippen LogP contribution in [0.15, 0.2) is 29.1 Å². The van der Waals surface area contributed by atoms with E-state index in [4.69, 9.17) is 15.2 Å². The molecule has 4 rings (SSSR count). The Balaban J connectivity index is 1.49. The Kier molecular flexibility index (Phi) is 9.75. The van der Waals surface area contributed by atoms with Crippen LogP contribution in [0.5, 0.6) is 6.01 Å². The number of aromatic amines is 1. The number of nitrogens with two attached hydrogens (primary N) is 1. The predicted molar refractivity (Wildman–Crippen MR) is 151 cm³/mol. The average Bonchev–Trinajstić information content (AvgIpc) is 3.51. The Bertz CT molecular complexity index is 1370. The number of nitrogens with one attached hydrogen (secondary N) is 1. The maximum atomic E-state index is 13.6. The molecule has 0 unspecified atom stereocenters. The number of carbonyl (C=O) groups excluding carboxylic acids is 2. The van der Waals surface area contributed by atoms with Crippen LogP contribution in [-0.2, 0) is 33.8 Å². The number of likely N-dealkylation sites (N-methyl/N-ethyl adjacent to an activating group) is 1. The number of likely N-dealkylation sites (tertiary alicyclic amines) is 1. The zero-order chi connectivity index (χ0) is 28.6. The zero-order valence-corrected chi connectivity index (χ0v) is 23.5. The first-order valence-corrected chi connectivity index (χ1v) is 13.8. The SMILES string of the molecule is CCCCOc1nc(N)c2[nH]c(=O)n(CCCN(Cc3ccc(CC(=O)OC)cc3)C(=O)[C@@H]3CCCN3C)c2n1. The third-order valence-electron chi connectivity index (χ3n) is 7.26. The lowest BCUT2D eigenvalue weighted by Crippen LogP contribution is -2.44. The number of benzene rings is 1. The largest absolute Gasteiger partial charge is 0.469 e. The number of esters is 1. The number of hydrogen-bond acceptors (Lipinski definition) is 9. The summed E-state index contributed by atoms with van der Waals surface area (Å²) in [6.07, 6.45) is 4.36. The van der Waals surface area contributed by atoms with Gasteiger partial charge in [-0.2, -0.15) is 9.97 Å². The number of nitrogen functional groups attached to an aromatic ring is 1. The monoisotopic (exact) mass is 553 g/mol. The van der Waals surface area contributed by atoms with Crippen molar-refractivity contribution in [3.8, 4) is 6.01 Å². The van der Waals surface area contributed by atoms with Crippen LogP contribution in [-0.4, -0.2) is 81.1 Å². The molecule has 0 saturated carbocycles. The van der Waals surface area contributed by atoms with E-state index >= 15 is 0 Å². The second-order valence-electron chi connectivity index (χ2n) is 10.2. The summed E-state index contributed by atoms with van der Waals surface area (Å²) in [6.45, 7) is 4.63. The molecule has 12 nitrogen and oxygen atoms in total. The molecule has 1 fully saturated rings. The van der Waals surface area contributed by atoms with Gasteiger partial charge in [-0.05, 0) is 50.4 Å². The lowest BCUT2D eigenvalue weighted by atomic mass is 10.1. The summed E-state index contributed by atoms with van der Waals surface area (Å²) in [5.74, 6) is -0.0693. The Morgan fingerprint density at radius 2 is 1.93 bits per heavy atom. The summed E-state index contributed by atoms with van der Waals surface area (Å²) in [5.41, 5.74) is 8.31. The third kappa shape index (κ3) is 6.98. The van der Waals surface area contributed by atoms with Crippen molar-refractivity contribution in [1.82, 2.24) is 29.3 Å². The quantitative estimate of drug-likeness (QED) is 0.240. The van der Waals surface area contributed by atoms with E-state index < -0.39 is 0 Å². The second-order valence-corrected chi connectivity index (χ2v) is 10.2. The van der Waals surface area contributed by atoms with Crippen LogP contribution in [0, 0.1) is 0 Å². The number of ether oxygens (including phenoxy) is 2. The van der Waals surface area contributed by atoms with Crippen LogP contribution in [0.25, 0.3) is 11.2 Å². The number of aryl methyl sites for hydroxylation is 1. The van der Waals surface area contributed by atoms with Gasteiger partial charge < -0.3 is 25.1 Å². The summed E-state index contributed by atoms with van der Waals surface area (Å²) in [7, 11) is 3.35. The minimum absolute atomic E-state index is 0.0723. The van der Waals surface area contributed by atoms with Crippen molar-refractivity contribution in [3.05, 3.63) is 45.9 Å². The van der Waals surface area contributed by atoms with Crippen molar-refractivity contribution < 1.29 is 19.1 Å². The van der Waals surface area contributed by atoms with E-state index in [1.165, 1.54) is 11.7 Å². The number of nitrogens with zero attached hydrogens (tertiary/aromatic N) is 5. The van der Waals surface area contributed by atoms with Crippen molar-refractivity contribution in [1.29, 1.82) is 0 Å². The van der Waals surface area contributed by atoms with Gasteiger partial charge in [0.25, 0.3) is 0 Å². The molecule has 0 bridgehead atoms. The Labute approximate surface area is 233 Å². The summed E-state index contributed by atoms with van der Waals surface area (Å²) in [4.78, 5) is 53.3. The molecule has 3 N–H and O–H groups in total. The van der Waals surface area contributed by atoms with Crippen LogP contribution >= 0.6 is 0 Å². The van der Waals surface area contributed by atoms with Gasteiger partial charge in [-0.15, -0.1) is 0 Å². The van der Waals surface area contributed by atoms with E-state index in [9.17, 15) is 14.4 Å². The lowest BCUT2D eigenvalue weighted by molar-refractivity contribution is -0.139. The number of carbonyl (C=O) groups is 2. The minimum Gasteiger partial charge on any atom is -0.469 e.